The van der Waals surface area contributed by atoms with Gasteiger partial charge in [0.15, 0.2) is 5.41 Å². The molecule has 0 aromatic rings. The predicted octanol–water partition coefficient (Wildman–Crippen LogP) is 3.51. The summed E-state index contributed by atoms with van der Waals surface area (Å²) in [6.45, 7) is 4.05. The van der Waals surface area contributed by atoms with Gasteiger partial charge in [-0.3, -0.25) is 9.59 Å². The number of ether oxygens (including phenoxy) is 2. The van der Waals surface area contributed by atoms with Gasteiger partial charge in [-0.2, -0.15) is 0 Å². The lowest BCUT2D eigenvalue weighted by Crippen LogP contribution is -2.46. The molecular weight excluding hydrogens is 336 g/mol. The lowest BCUT2D eigenvalue weighted by Gasteiger charge is -2.38. The Labute approximate surface area is 133 Å². The van der Waals surface area contributed by atoms with E-state index in [0.29, 0.717) is 19.3 Å². The molecule has 1 fully saturated rings. The predicted molar refractivity (Wildman–Crippen MR) is 82.8 cm³/mol. The van der Waals surface area contributed by atoms with Crippen molar-refractivity contribution >= 4 is 27.9 Å². The van der Waals surface area contributed by atoms with Gasteiger partial charge in [0.2, 0.25) is 0 Å². The van der Waals surface area contributed by atoms with E-state index < -0.39 is 17.4 Å². The summed E-state index contributed by atoms with van der Waals surface area (Å²) in [4.78, 5) is 24.8. The number of allylic oxidation sites excluding steroid dienone is 4. The number of halogens is 1. The molecule has 0 radical (unpaired) electrons. The zero-order valence-electron chi connectivity index (χ0n) is 12.5. The number of hydrogen-bond acceptors (Lipinski definition) is 4. The highest BCUT2D eigenvalue weighted by Crippen LogP contribution is 2.48. The third-order valence-corrected chi connectivity index (χ3v) is 5.02. The summed E-state index contributed by atoms with van der Waals surface area (Å²) >= 11 is 3.60. The molecule has 2 aliphatic rings. The van der Waals surface area contributed by atoms with Gasteiger partial charge in [-0.25, -0.2) is 0 Å². The van der Waals surface area contributed by atoms with Crippen molar-refractivity contribution in [3.8, 4) is 0 Å². The second-order valence-corrected chi connectivity index (χ2v) is 6.35. The van der Waals surface area contributed by atoms with Crippen molar-refractivity contribution in [2.45, 2.75) is 39.5 Å². The quantitative estimate of drug-likeness (QED) is 0.439. The minimum absolute atomic E-state index is 0.107. The number of carbonyl (C=O) groups excluding carboxylic acids is 2. The van der Waals surface area contributed by atoms with E-state index in [9.17, 15) is 9.59 Å². The molecule has 0 N–H and O–H groups in total. The van der Waals surface area contributed by atoms with Gasteiger partial charge in [0.25, 0.3) is 0 Å². The first-order valence-corrected chi connectivity index (χ1v) is 8.23. The molecular formula is C16H21BrO4. The van der Waals surface area contributed by atoms with Crippen LogP contribution in [-0.4, -0.2) is 25.2 Å². The first-order chi connectivity index (χ1) is 10.0. The summed E-state index contributed by atoms with van der Waals surface area (Å²) in [5.74, 6) is -0.786. The van der Waals surface area contributed by atoms with E-state index in [1.807, 2.05) is 0 Å². The van der Waals surface area contributed by atoms with E-state index in [1.54, 1.807) is 13.8 Å². The van der Waals surface area contributed by atoms with Gasteiger partial charge >= 0.3 is 11.9 Å². The fourth-order valence-corrected chi connectivity index (χ4v) is 3.79. The molecule has 116 valence electrons. The molecule has 0 aliphatic heterocycles. The molecule has 0 bridgehead atoms. The Kier molecular flexibility index (Phi) is 5.25. The van der Waals surface area contributed by atoms with Gasteiger partial charge in [0.05, 0.1) is 13.2 Å². The van der Waals surface area contributed by atoms with Gasteiger partial charge < -0.3 is 9.47 Å². The van der Waals surface area contributed by atoms with E-state index >= 15 is 0 Å². The minimum Gasteiger partial charge on any atom is -0.465 e. The summed E-state index contributed by atoms with van der Waals surface area (Å²) in [6.07, 6.45) is 6.66. The van der Waals surface area contributed by atoms with Gasteiger partial charge in [0.1, 0.15) is 0 Å². The van der Waals surface area contributed by atoms with Crippen molar-refractivity contribution in [3.63, 3.8) is 0 Å². The van der Waals surface area contributed by atoms with Crippen LogP contribution in [0.4, 0.5) is 0 Å². The fraction of sp³-hybridized carbons (Fsp3) is 0.625. The Hall–Kier alpha value is -1.10. The van der Waals surface area contributed by atoms with Gasteiger partial charge in [0, 0.05) is 5.92 Å². The van der Waals surface area contributed by atoms with Crippen molar-refractivity contribution in [2.75, 3.05) is 13.2 Å². The molecule has 0 saturated heterocycles. The van der Waals surface area contributed by atoms with Gasteiger partial charge in [-0.1, -0.05) is 33.7 Å². The number of rotatable bonds is 4. The monoisotopic (exact) mass is 356 g/mol. The minimum atomic E-state index is -1.16. The van der Waals surface area contributed by atoms with Gasteiger partial charge in [-0.05, 0) is 44.0 Å². The summed E-state index contributed by atoms with van der Waals surface area (Å²) in [5, 5.41) is 0. The van der Waals surface area contributed by atoms with E-state index in [1.165, 1.54) is 10.1 Å². The Morgan fingerprint density at radius 2 is 1.90 bits per heavy atom. The number of fused-ring (bicyclic) bond motifs is 1. The summed E-state index contributed by atoms with van der Waals surface area (Å²) in [6, 6.07) is 0. The molecule has 0 amide bonds. The van der Waals surface area contributed by atoms with Crippen LogP contribution < -0.4 is 0 Å². The third-order valence-electron chi connectivity index (χ3n) is 4.18. The van der Waals surface area contributed by atoms with Gasteiger partial charge in [-0.15, -0.1) is 0 Å². The van der Waals surface area contributed by atoms with Crippen LogP contribution in [-0.2, 0) is 19.1 Å². The molecule has 0 heterocycles. The van der Waals surface area contributed by atoms with Crippen molar-refractivity contribution in [2.24, 2.45) is 11.3 Å². The smallest absolute Gasteiger partial charge is 0.323 e. The van der Waals surface area contributed by atoms with Crippen molar-refractivity contribution in [1.29, 1.82) is 0 Å². The molecule has 1 unspecified atom stereocenters. The molecule has 21 heavy (non-hydrogen) atoms. The van der Waals surface area contributed by atoms with Crippen LogP contribution in [0.25, 0.3) is 0 Å². The largest absolute Gasteiger partial charge is 0.465 e. The van der Waals surface area contributed by atoms with Crippen LogP contribution in [0.2, 0.25) is 0 Å². The molecule has 1 atom stereocenters. The van der Waals surface area contributed by atoms with E-state index in [0.717, 1.165) is 6.42 Å². The standard InChI is InChI=1S/C16H21BrO4/c1-3-20-14(18)16(15(19)21-4-2)9-8-12-11(10-16)6-5-7-13(12)17/h5-6,11H,3-4,7-10H2,1-2H3. The Morgan fingerprint density at radius 1 is 1.29 bits per heavy atom. The first kappa shape index (κ1) is 16.3. The average molecular weight is 357 g/mol. The summed E-state index contributed by atoms with van der Waals surface area (Å²) in [7, 11) is 0. The highest BCUT2D eigenvalue weighted by Gasteiger charge is 2.52. The van der Waals surface area contributed by atoms with Crippen LogP contribution in [0.5, 0.6) is 0 Å². The van der Waals surface area contributed by atoms with Crippen LogP contribution >= 0.6 is 15.9 Å². The van der Waals surface area contributed by atoms with Crippen molar-refractivity contribution in [3.05, 3.63) is 22.2 Å². The SMILES string of the molecule is CCOC(=O)C1(C(=O)OCC)CCC2=C(Br)CC=CC2C1. The highest BCUT2D eigenvalue weighted by atomic mass is 79.9. The van der Waals surface area contributed by atoms with Crippen LogP contribution in [0, 0.1) is 11.3 Å². The summed E-state index contributed by atoms with van der Waals surface area (Å²) < 4.78 is 11.5. The molecule has 4 nitrogen and oxygen atoms in total. The third kappa shape index (κ3) is 3.07. The molecule has 0 aromatic heterocycles. The zero-order valence-corrected chi connectivity index (χ0v) is 14.1. The zero-order chi connectivity index (χ0) is 15.5. The number of hydrogen-bond donors (Lipinski definition) is 0. The summed E-state index contributed by atoms with van der Waals surface area (Å²) in [5.41, 5.74) is 0.136. The Morgan fingerprint density at radius 3 is 2.48 bits per heavy atom. The Bertz CT molecular complexity index is 475. The maximum atomic E-state index is 12.4. The maximum Gasteiger partial charge on any atom is 0.323 e. The first-order valence-electron chi connectivity index (χ1n) is 7.43. The molecule has 0 aromatic carbocycles. The van der Waals surface area contributed by atoms with E-state index in [-0.39, 0.29) is 19.1 Å². The Balaban J connectivity index is 2.30. The second-order valence-electron chi connectivity index (χ2n) is 5.40. The topological polar surface area (TPSA) is 52.6 Å². The number of esters is 2. The van der Waals surface area contributed by atoms with Crippen LogP contribution in [0.15, 0.2) is 22.2 Å². The highest BCUT2D eigenvalue weighted by molar-refractivity contribution is 9.11. The van der Waals surface area contributed by atoms with E-state index in [4.69, 9.17) is 9.47 Å². The molecule has 1 saturated carbocycles. The van der Waals surface area contributed by atoms with Crippen LogP contribution in [0.3, 0.4) is 0 Å². The molecule has 2 rings (SSSR count). The average Bonchev–Trinajstić information content (AvgIpc) is 2.47. The van der Waals surface area contributed by atoms with Crippen molar-refractivity contribution < 1.29 is 19.1 Å². The molecule has 0 spiro atoms. The van der Waals surface area contributed by atoms with Crippen molar-refractivity contribution in [1.82, 2.24) is 0 Å². The number of carbonyl (C=O) groups is 2. The lowest BCUT2D eigenvalue weighted by atomic mass is 9.66. The normalized spacial score (nSPS) is 23.5. The van der Waals surface area contributed by atoms with Crippen LogP contribution in [0.1, 0.15) is 39.5 Å². The van der Waals surface area contributed by atoms with E-state index in [2.05, 4.69) is 28.1 Å². The molecule has 2 aliphatic carbocycles. The lowest BCUT2D eigenvalue weighted by molar-refractivity contribution is -0.174. The maximum absolute atomic E-state index is 12.4. The second kappa shape index (κ2) is 6.77. The fourth-order valence-electron chi connectivity index (χ4n) is 3.11. The molecule has 5 heteroatoms.